The van der Waals surface area contributed by atoms with E-state index in [1.165, 1.54) is 35.1 Å². The van der Waals surface area contributed by atoms with Crippen LogP contribution in [-0.2, 0) is 10.0 Å². The highest BCUT2D eigenvalue weighted by atomic mass is 32.2. The number of pyridine rings is 1. The predicted octanol–water partition coefficient (Wildman–Crippen LogP) is 1.47. The Hall–Kier alpha value is -2.98. The molecule has 3 aromatic heterocycles. The van der Waals surface area contributed by atoms with Gasteiger partial charge in [0.05, 0.1) is 6.26 Å². The van der Waals surface area contributed by atoms with Gasteiger partial charge in [0.2, 0.25) is 15.8 Å². The Kier molecular flexibility index (Phi) is 3.84. The maximum absolute atomic E-state index is 12.8. The lowest BCUT2D eigenvalue weighted by Crippen LogP contribution is -2.57. The quantitative estimate of drug-likeness (QED) is 0.652. The molecule has 2 atom stereocenters. The highest BCUT2D eigenvalue weighted by Crippen LogP contribution is 2.37. The number of sulfonamides is 1. The smallest absolute Gasteiger partial charge is 0.292 e. The molecule has 1 amide bonds. The fraction of sp³-hybridized carbons (Fsp3) is 0.278. The summed E-state index contributed by atoms with van der Waals surface area (Å²) in [5.41, 5.74) is 0.441. The summed E-state index contributed by atoms with van der Waals surface area (Å²) in [6, 6.07) is 7.87. The average molecular weight is 400 g/mol. The maximum atomic E-state index is 12.8. The van der Waals surface area contributed by atoms with Crippen LogP contribution in [0.4, 0.5) is 0 Å². The summed E-state index contributed by atoms with van der Waals surface area (Å²) in [5, 5.41) is 3.87. The summed E-state index contributed by atoms with van der Waals surface area (Å²) in [6.07, 6.45) is 4.38. The molecule has 0 bridgehead atoms. The van der Waals surface area contributed by atoms with Crippen molar-refractivity contribution in [3.8, 4) is 11.5 Å². The van der Waals surface area contributed by atoms with E-state index in [0.717, 1.165) is 0 Å². The van der Waals surface area contributed by atoms with Gasteiger partial charge in [-0.2, -0.15) is 4.31 Å². The van der Waals surface area contributed by atoms with Gasteiger partial charge in [-0.15, -0.1) is 0 Å². The van der Waals surface area contributed by atoms with Crippen LogP contribution in [0.3, 0.4) is 0 Å². The Labute approximate surface area is 160 Å². The standard InChI is InChI=1S/C18H16N4O5S/c23-18(17-7-14(20-27-17)16-4-2-6-26-16)21-9-12-10-22(15(12)11-21)28(24,25)13-3-1-5-19-8-13/h1-8,12,15H,9-11H2/t12-,15+/m0/s1. The van der Waals surface area contributed by atoms with Crippen LogP contribution in [0, 0.1) is 5.92 Å². The van der Waals surface area contributed by atoms with Crippen molar-refractivity contribution >= 4 is 15.9 Å². The Morgan fingerprint density at radius 3 is 2.82 bits per heavy atom. The average Bonchev–Trinajstić information content (AvgIpc) is 3.42. The number of carbonyl (C=O) groups excluding carboxylic acids is 1. The zero-order chi connectivity index (χ0) is 19.3. The second-order valence-corrected chi connectivity index (χ2v) is 8.75. The summed E-state index contributed by atoms with van der Waals surface area (Å²) < 4.78 is 37.4. The van der Waals surface area contributed by atoms with Crippen LogP contribution in [0.1, 0.15) is 10.6 Å². The number of rotatable bonds is 4. The summed E-state index contributed by atoms with van der Waals surface area (Å²) in [4.78, 5) is 18.4. The van der Waals surface area contributed by atoms with Crippen LogP contribution >= 0.6 is 0 Å². The van der Waals surface area contributed by atoms with Gasteiger partial charge in [0.1, 0.15) is 10.6 Å². The normalized spacial score (nSPS) is 22.1. The molecule has 5 rings (SSSR count). The van der Waals surface area contributed by atoms with E-state index >= 15 is 0 Å². The van der Waals surface area contributed by atoms with Crippen molar-refractivity contribution in [2.24, 2.45) is 5.92 Å². The van der Waals surface area contributed by atoms with E-state index in [1.807, 2.05) is 0 Å². The second kappa shape index (κ2) is 6.28. The molecule has 0 N–H and O–H groups in total. The molecule has 28 heavy (non-hydrogen) atoms. The van der Waals surface area contributed by atoms with E-state index in [1.54, 1.807) is 23.1 Å². The SMILES string of the molecule is O=C(c1cc(-c2ccco2)no1)N1C[C@H]2CN(S(=O)(=O)c3cccnc3)[C@@H]2C1. The molecule has 0 aliphatic carbocycles. The molecular formula is C18H16N4O5S. The molecule has 0 unspecified atom stereocenters. The number of hydrogen-bond acceptors (Lipinski definition) is 7. The molecule has 2 aliphatic heterocycles. The van der Waals surface area contributed by atoms with Gasteiger partial charge in [0, 0.05) is 50.1 Å². The molecule has 10 heteroatoms. The van der Waals surface area contributed by atoms with E-state index in [9.17, 15) is 13.2 Å². The minimum Gasteiger partial charge on any atom is -0.463 e. The number of furan rings is 1. The van der Waals surface area contributed by atoms with Crippen molar-refractivity contribution in [2.45, 2.75) is 10.9 Å². The summed E-state index contributed by atoms with van der Waals surface area (Å²) in [5.74, 6) is 0.425. The van der Waals surface area contributed by atoms with Crippen LogP contribution < -0.4 is 0 Å². The fourth-order valence-corrected chi connectivity index (χ4v) is 5.44. The minimum atomic E-state index is -3.61. The third-order valence-corrected chi connectivity index (χ3v) is 7.09. The molecule has 2 aliphatic rings. The fourth-order valence-electron chi connectivity index (χ4n) is 3.74. The van der Waals surface area contributed by atoms with Gasteiger partial charge in [0.15, 0.2) is 5.76 Å². The Morgan fingerprint density at radius 1 is 1.18 bits per heavy atom. The molecular weight excluding hydrogens is 384 g/mol. The van der Waals surface area contributed by atoms with Crippen molar-refractivity contribution in [3.63, 3.8) is 0 Å². The molecule has 0 radical (unpaired) electrons. The Morgan fingerprint density at radius 2 is 2.07 bits per heavy atom. The Bertz CT molecular complexity index is 1110. The van der Waals surface area contributed by atoms with Gasteiger partial charge in [0.25, 0.3) is 5.91 Å². The number of likely N-dealkylation sites (tertiary alicyclic amines) is 1. The Balaban J connectivity index is 1.31. The van der Waals surface area contributed by atoms with Crippen molar-refractivity contribution in [1.82, 2.24) is 19.3 Å². The van der Waals surface area contributed by atoms with Gasteiger partial charge < -0.3 is 13.8 Å². The van der Waals surface area contributed by atoms with Gasteiger partial charge in [-0.3, -0.25) is 9.78 Å². The second-order valence-electron chi connectivity index (χ2n) is 6.85. The third kappa shape index (κ3) is 2.64. The summed E-state index contributed by atoms with van der Waals surface area (Å²) in [6.45, 7) is 1.19. The first-order valence-electron chi connectivity index (χ1n) is 8.76. The zero-order valence-corrected chi connectivity index (χ0v) is 15.4. The van der Waals surface area contributed by atoms with Crippen LogP contribution in [0.25, 0.3) is 11.5 Å². The van der Waals surface area contributed by atoms with Crippen molar-refractivity contribution in [1.29, 1.82) is 0 Å². The first-order chi connectivity index (χ1) is 13.5. The monoisotopic (exact) mass is 400 g/mol. The topological polar surface area (TPSA) is 110 Å². The molecule has 5 heterocycles. The summed E-state index contributed by atoms with van der Waals surface area (Å²) >= 11 is 0. The van der Waals surface area contributed by atoms with Crippen LogP contribution in [0.5, 0.6) is 0 Å². The van der Waals surface area contributed by atoms with Gasteiger partial charge in [-0.05, 0) is 24.3 Å². The lowest BCUT2D eigenvalue weighted by atomic mass is 9.96. The molecule has 3 aromatic rings. The first kappa shape index (κ1) is 17.1. The molecule has 0 spiro atoms. The van der Waals surface area contributed by atoms with Crippen molar-refractivity contribution in [2.75, 3.05) is 19.6 Å². The van der Waals surface area contributed by atoms with Crippen molar-refractivity contribution < 1.29 is 22.2 Å². The van der Waals surface area contributed by atoms with E-state index in [4.69, 9.17) is 8.94 Å². The number of hydrogen-bond donors (Lipinski definition) is 0. The van der Waals surface area contributed by atoms with Crippen LogP contribution in [0.2, 0.25) is 0 Å². The van der Waals surface area contributed by atoms with Gasteiger partial charge in [-0.25, -0.2) is 8.42 Å². The molecule has 2 saturated heterocycles. The first-order valence-corrected chi connectivity index (χ1v) is 10.2. The molecule has 144 valence electrons. The predicted molar refractivity (Wildman–Crippen MR) is 95.5 cm³/mol. The summed E-state index contributed by atoms with van der Waals surface area (Å²) in [7, 11) is -3.61. The largest absolute Gasteiger partial charge is 0.463 e. The van der Waals surface area contributed by atoms with E-state index in [2.05, 4.69) is 10.1 Å². The maximum Gasteiger partial charge on any atom is 0.292 e. The highest BCUT2D eigenvalue weighted by molar-refractivity contribution is 7.89. The van der Waals surface area contributed by atoms with E-state index < -0.39 is 10.0 Å². The van der Waals surface area contributed by atoms with Crippen LogP contribution in [0.15, 0.2) is 62.8 Å². The van der Waals surface area contributed by atoms with E-state index in [-0.39, 0.29) is 28.5 Å². The van der Waals surface area contributed by atoms with E-state index in [0.29, 0.717) is 31.1 Å². The third-order valence-electron chi connectivity index (χ3n) is 5.21. The van der Waals surface area contributed by atoms with Crippen molar-refractivity contribution in [3.05, 3.63) is 54.7 Å². The molecule has 2 fully saturated rings. The number of amides is 1. The van der Waals surface area contributed by atoms with Crippen LogP contribution in [-0.4, -0.2) is 59.3 Å². The number of aromatic nitrogens is 2. The number of fused-ring (bicyclic) bond motifs is 1. The lowest BCUT2D eigenvalue weighted by Gasteiger charge is -2.41. The molecule has 0 aromatic carbocycles. The molecule has 0 saturated carbocycles. The van der Waals surface area contributed by atoms with Gasteiger partial charge in [-0.1, -0.05) is 5.16 Å². The minimum absolute atomic E-state index is 0.106. The molecule has 9 nitrogen and oxygen atoms in total. The van der Waals surface area contributed by atoms with Gasteiger partial charge >= 0.3 is 0 Å². The zero-order valence-electron chi connectivity index (χ0n) is 14.6. The lowest BCUT2D eigenvalue weighted by molar-refractivity contribution is 0.0747. The number of nitrogens with zero attached hydrogens (tertiary/aromatic N) is 4. The number of carbonyl (C=O) groups is 1. The highest BCUT2D eigenvalue weighted by Gasteiger charge is 2.52.